The van der Waals surface area contributed by atoms with Crippen LogP contribution < -0.4 is 0 Å². The molecule has 0 amide bonds. The van der Waals surface area contributed by atoms with E-state index in [1.807, 2.05) is 6.07 Å². The summed E-state index contributed by atoms with van der Waals surface area (Å²) in [6.07, 6.45) is 0. The van der Waals surface area contributed by atoms with Crippen LogP contribution in [0.1, 0.15) is 11.1 Å². The molecule has 0 fully saturated rings. The maximum Gasteiger partial charge on any atom is 0.0294 e. The van der Waals surface area contributed by atoms with Gasteiger partial charge in [-0.2, -0.15) is 0 Å². The molecule has 2 heteroatoms. The fourth-order valence-electron chi connectivity index (χ4n) is 0.821. The molecule has 1 rings (SSSR count). The molecule has 0 radical (unpaired) electrons. The minimum atomic E-state index is 0.882. The summed E-state index contributed by atoms with van der Waals surface area (Å²) in [6.45, 7) is 2.08. The lowest BCUT2D eigenvalue weighted by Crippen LogP contribution is -1.81. The first-order valence-corrected chi connectivity index (χ1v) is 4.65. The third-order valence-corrected chi connectivity index (χ3v) is 2.42. The van der Waals surface area contributed by atoms with Crippen LogP contribution >= 0.6 is 28.6 Å². The SMILES string of the molecule is Cc1ccc(S)c(CBr)c1. The lowest BCUT2D eigenvalue weighted by Gasteiger charge is -2.00. The predicted molar refractivity (Wildman–Crippen MR) is 51.1 cm³/mol. The molecule has 0 atom stereocenters. The molecule has 10 heavy (non-hydrogen) atoms. The van der Waals surface area contributed by atoms with Crippen LogP contribution in [0.2, 0.25) is 0 Å². The highest BCUT2D eigenvalue weighted by molar-refractivity contribution is 9.08. The molecule has 0 saturated heterocycles. The summed E-state index contributed by atoms with van der Waals surface area (Å²) >= 11 is 7.69. The minimum Gasteiger partial charge on any atom is -0.143 e. The third kappa shape index (κ3) is 1.77. The number of hydrogen-bond donors (Lipinski definition) is 1. The number of rotatable bonds is 1. The molecule has 0 heterocycles. The van der Waals surface area contributed by atoms with Gasteiger partial charge in [-0.3, -0.25) is 0 Å². The lowest BCUT2D eigenvalue weighted by molar-refractivity contribution is 1.25. The van der Waals surface area contributed by atoms with Crippen molar-refractivity contribution in [1.29, 1.82) is 0 Å². The normalized spacial score (nSPS) is 9.90. The summed E-state index contributed by atoms with van der Waals surface area (Å²) < 4.78 is 0. The summed E-state index contributed by atoms with van der Waals surface area (Å²) in [4.78, 5) is 1.06. The van der Waals surface area contributed by atoms with E-state index in [1.54, 1.807) is 0 Å². The Morgan fingerprint density at radius 3 is 2.70 bits per heavy atom. The maximum absolute atomic E-state index is 4.30. The molecule has 0 saturated carbocycles. The van der Waals surface area contributed by atoms with Crippen LogP contribution in [0.3, 0.4) is 0 Å². The smallest absolute Gasteiger partial charge is 0.0294 e. The van der Waals surface area contributed by atoms with Gasteiger partial charge in [-0.25, -0.2) is 0 Å². The molecule has 0 bridgehead atoms. The molecule has 0 aliphatic carbocycles. The molecule has 0 unspecified atom stereocenters. The van der Waals surface area contributed by atoms with Crippen LogP contribution in [-0.4, -0.2) is 0 Å². The Bertz CT molecular complexity index is 233. The molecule has 0 N–H and O–H groups in total. The molecule has 54 valence electrons. The van der Waals surface area contributed by atoms with Crippen molar-refractivity contribution in [2.45, 2.75) is 17.1 Å². The van der Waals surface area contributed by atoms with Crippen LogP contribution in [0.5, 0.6) is 0 Å². The largest absolute Gasteiger partial charge is 0.143 e. The van der Waals surface area contributed by atoms with Gasteiger partial charge in [0, 0.05) is 10.2 Å². The van der Waals surface area contributed by atoms with Crippen LogP contribution in [-0.2, 0) is 5.33 Å². The maximum atomic E-state index is 4.30. The highest BCUT2D eigenvalue weighted by atomic mass is 79.9. The number of thiol groups is 1. The number of benzene rings is 1. The van der Waals surface area contributed by atoms with E-state index in [2.05, 4.69) is 47.6 Å². The Hall–Kier alpha value is 0.0500. The monoisotopic (exact) mass is 216 g/mol. The molecular formula is C8H9BrS. The van der Waals surface area contributed by atoms with Gasteiger partial charge >= 0.3 is 0 Å². The standard InChI is InChI=1S/C8H9BrS/c1-6-2-3-8(10)7(4-6)5-9/h2-4,10H,5H2,1H3. The first-order valence-electron chi connectivity index (χ1n) is 3.08. The fourth-order valence-corrected chi connectivity index (χ4v) is 1.72. The van der Waals surface area contributed by atoms with Crippen molar-refractivity contribution >= 4 is 28.6 Å². The van der Waals surface area contributed by atoms with Gasteiger partial charge in [0.05, 0.1) is 0 Å². The van der Waals surface area contributed by atoms with Gasteiger partial charge in [0.25, 0.3) is 0 Å². The van der Waals surface area contributed by atoms with E-state index in [4.69, 9.17) is 0 Å². The zero-order valence-electron chi connectivity index (χ0n) is 5.76. The Morgan fingerprint density at radius 1 is 1.50 bits per heavy atom. The second-order valence-corrected chi connectivity index (χ2v) is 3.31. The Labute approximate surface area is 75.2 Å². The molecule has 0 aliphatic heterocycles. The van der Waals surface area contributed by atoms with Crippen molar-refractivity contribution in [2.75, 3.05) is 0 Å². The zero-order valence-corrected chi connectivity index (χ0v) is 8.24. The minimum absolute atomic E-state index is 0.882. The average molecular weight is 217 g/mol. The van der Waals surface area contributed by atoms with Gasteiger partial charge in [0.15, 0.2) is 0 Å². The highest BCUT2D eigenvalue weighted by Gasteiger charge is 1.95. The molecule has 1 aromatic carbocycles. The van der Waals surface area contributed by atoms with Crippen LogP contribution in [0, 0.1) is 6.92 Å². The van der Waals surface area contributed by atoms with Gasteiger partial charge in [0.2, 0.25) is 0 Å². The zero-order chi connectivity index (χ0) is 7.56. The van der Waals surface area contributed by atoms with Crippen molar-refractivity contribution in [3.8, 4) is 0 Å². The van der Waals surface area contributed by atoms with E-state index < -0.39 is 0 Å². The Kier molecular flexibility index (Phi) is 2.81. The first-order chi connectivity index (χ1) is 4.74. The first kappa shape index (κ1) is 8.15. The van der Waals surface area contributed by atoms with E-state index in [0.717, 1.165) is 10.2 Å². The highest BCUT2D eigenvalue weighted by Crippen LogP contribution is 2.17. The van der Waals surface area contributed by atoms with Gasteiger partial charge in [-0.15, -0.1) is 12.6 Å². The van der Waals surface area contributed by atoms with Crippen molar-refractivity contribution in [3.05, 3.63) is 29.3 Å². The second-order valence-electron chi connectivity index (χ2n) is 2.27. The summed E-state index contributed by atoms with van der Waals surface area (Å²) in [6, 6.07) is 6.22. The molecule has 0 nitrogen and oxygen atoms in total. The Morgan fingerprint density at radius 2 is 2.20 bits per heavy atom. The van der Waals surface area contributed by atoms with Gasteiger partial charge in [0.1, 0.15) is 0 Å². The number of aryl methyl sites for hydroxylation is 1. The van der Waals surface area contributed by atoms with E-state index in [0.29, 0.717) is 0 Å². The molecular weight excluding hydrogens is 208 g/mol. The van der Waals surface area contributed by atoms with Crippen molar-refractivity contribution < 1.29 is 0 Å². The van der Waals surface area contributed by atoms with E-state index in [-0.39, 0.29) is 0 Å². The van der Waals surface area contributed by atoms with Crippen molar-refractivity contribution in [1.82, 2.24) is 0 Å². The summed E-state index contributed by atoms with van der Waals surface area (Å²) in [5.41, 5.74) is 2.54. The number of halogens is 1. The quantitative estimate of drug-likeness (QED) is 0.542. The second kappa shape index (κ2) is 3.44. The van der Waals surface area contributed by atoms with Crippen LogP contribution in [0.25, 0.3) is 0 Å². The van der Waals surface area contributed by atoms with Crippen LogP contribution in [0.15, 0.2) is 23.1 Å². The van der Waals surface area contributed by atoms with Gasteiger partial charge in [-0.1, -0.05) is 33.6 Å². The number of hydrogen-bond acceptors (Lipinski definition) is 1. The topological polar surface area (TPSA) is 0 Å². The van der Waals surface area contributed by atoms with E-state index in [1.165, 1.54) is 11.1 Å². The summed E-state index contributed by atoms with van der Waals surface area (Å²) in [7, 11) is 0. The lowest BCUT2D eigenvalue weighted by atomic mass is 10.2. The molecule has 1 aromatic rings. The van der Waals surface area contributed by atoms with E-state index in [9.17, 15) is 0 Å². The van der Waals surface area contributed by atoms with E-state index >= 15 is 0 Å². The number of alkyl halides is 1. The van der Waals surface area contributed by atoms with Gasteiger partial charge < -0.3 is 0 Å². The Balaban J connectivity index is 3.09. The summed E-state index contributed by atoms with van der Waals surface area (Å²) in [5.74, 6) is 0. The predicted octanol–water partition coefficient (Wildman–Crippen LogP) is 3.18. The van der Waals surface area contributed by atoms with Crippen molar-refractivity contribution in [3.63, 3.8) is 0 Å². The molecule has 0 aliphatic rings. The van der Waals surface area contributed by atoms with Crippen molar-refractivity contribution in [2.24, 2.45) is 0 Å². The summed E-state index contributed by atoms with van der Waals surface area (Å²) in [5, 5.41) is 0.882. The fraction of sp³-hybridized carbons (Fsp3) is 0.250. The molecule has 0 spiro atoms. The third-order valence-electron chi connectivity index (χ3n) is 1.38. The molecule has 0 aromatic heterocycles. The average Bonchev–Trinajstić information content (AvgIpc) is 1.94. The van der Waals surface area contributed by atoms with Gasteiger partial charge in [-0.05, 0) is 18.6 Å². The van der Waals surface area contributed by atoms with Crippen LogP contribution in [0.4, 0.5) is 0 Å².